The molecule has 104 valence electrons. The summed E-state index contributed by atoms with van der Waals surface area (Å²) in [5.74, 6) is 0.104. The zero-order chi connectivity index (χ0) is 14.0. The fourth-order valence-corrected chi connectivity index (χ4v) is 3.36. The van der Waals surface area contributed by atoms with Crippen molar-refractivity contribution in [1.29, 1.82) is 0 Å². The van der Waals surface area contributed by atoms with E-state index in [4.69, 9.17) is 0 Å². The monoisotopic (exact) mass is 324 g/mol. The molecular formula is C15H21BrN2O. The van der Waals surface area contributed by atoms with Crippen LogP contribution in [0.1, 0.15) is 30.9 Å². The number of nitrogens with one attached hydrogen (secondary N) is 2. The van der Waals surface area contributed by atoms with Crippen LogP contribution in [0.4, 0.5) is 5.69 Å². The molecule has 4 heteroatoms. The number of piperidine rings is 1. The summed E-state index contributed by atoms with van der Waals surface area (Å²) in [4.78, 5) is 12.5. The second kappa shape index (κ2) is 5.63. The number of hydrogen-bond acceptors (Lipinski definition) is 2. The van der Waals surface area contributed by atoms with Gasteiger partial charge in [-0.05, 0) is 73.3 Å². The highest BCUT2D eigenvalue weighted by Gasteiger charge is 2.35. The molecule has 1 atom stereocenters. The third-order valence-corrected chi connectivity index (χ3v) is 4.44. The third-order valence-electron chi connectivity index (χ3n) is 3.82. The normalized spacial score (nSPS) is 23.2. The summed E-state index contributed by atoms with van der Waals surface area (Å²) in [5, 5.41) is 6.40. The van der Waals surface area contributed by atoms with E-state index in [1.54, 1.807) is 0 Å². The number of carbonyl (C=O) groups excluding carboxylic acids is 1. The van der Waals surface area contributed by atoms with Crippen LogP contribution in [0.15, 0.2) is 16.6 Å². The maximum absolute atomic E-state index is 12.5. The molecule has 1 fully saturated rings. The Morgan fingerprint density at radius 2 is 2.16 bits per heavy atom. The molecule has 0 saturated carbocycles. The molecule has 1 aromatic rings. The average Bonchev–Trinajstić information content (AvgIpc) is 2.34. The summed E-state index contributed by atoms with van der Waals surface area (Å²) in [6.07, 6.45) is 1.99. The molecule has 0 spiro atoms. The van der Waals surface area contributed by atoms with E-state index in [1.807, 2.05) is 19.9 Å². The number of rotatable bonds is 2. The van der Waals surface area contributed by atoms with Crippen LogP contribution < -0.4 is 10.6 Å². The molecule has 1 aliphatic rings. The Morgan fingerprint density at radius 3 is 2.74 bits per heavy atom. The van der Waals surface area contributed by atoms with Crippen molar-refractivity contribution in [3.8, 4) is 0 Å². The third kappa shape index (κ3) is 3.18. The SMILES string of the molecule is Cc1cc(C)c(NC(=O)C2(C)CCCNC2)c(Br)c1. The molecule has 1 aromatic carbocycles. The van der Waals surface area contributed by atoms with Gasteiger partial charge in [0.05, 0.1) is 11.1 Å². The van der Waals surface area contributed by atoms with Gasteiger partial charge >= 0.3 is 0 Å². The largest absolute Gasteiger partial charge is 0.324 e. The van der Waals surface area contributed by atoms with Crippen molar-refractivity contribution < 1.29 is 4.79 Å². The Balaban J connectivity index is 2.19. The minimum atomic E-state index is -0.310. The summed E-state index contributed by atoms with van der Waals surface area (Å²) in [7, 11) is 0. The maximum Gasteiger partial charge on any atom is 0.231 e. The van der Waals surface area contributed by atoms with E-state index in [1.165, 1.54) is 5.56 Å². The van der Waals surface area contributed by atoms with Crippen LogP contribution in [0.5, 0.6) is 0 Å². The van der Waals surface area contributed by atoms with E-state index in [0.29, 0.717) is 0 Å². The Morgan fingerprint density at radius 1 is 1.42 bits per heavy atom. The van der Waals surface area contributed by atoms with Crippen LogP contribution in [-0.4, -0.2) is 19.0 Å². The first-order chi connectivity index (χ1) is 8.92. The molecule has 0 aliphatic carbocycles. The smallest absolute Gasteiger partial charge is 0.231 e. The number of aryl methyl sites for hydroxylation is 2. The minimum absolute atomic E-state index is 0.104. The van der Waals surface area contributed by atoms with E-state index in [-0.39, 0.29) is 11.3 Å². The van der Waals surface area contributed by atoms with Gasteiger partial charge in [0.1, 0.15) is 0 Å². The number of hydrogen-bond donors (Lipinski definition) is 2. The summed E-state index contributed by atoms with van der Waals surface area (Å²) in [6, 6.07) is 4.12. The minimum Gasteiger partial charge on any atom is -0.324 e. The molecule has 19 heavy (non-hydrogen) atoms. The molecule has 0 radical (unpaired) electrons. The zero-order valence-electron chi connectivity index (χ0n) is 11.8. The highest BCUT2D eigenvalue weighted by Crippen LogP contribution is 2.32. The molecule has 0 aromatic heterocycles. The predicted octanol–water partition coefficient (Wildman–Crippen LogP) is 3.39. The molecule has 1 aliphatic heterocycles. The van der Waals surface area contributed by atoms with Gasteiger partial charge in [-0.2, -0.15) is 0 Å². The summed E-state index contributed by atoms with van der Waals surface area (Å²) in [6.45, 7) is 7.87. The van der Waals surface area contributed by atoms with Crippen LogP contribution in [0.25, 0.3) is 0 Å². The van der Waals surface area contributed by atoms with E-state index < -0.39 is 0 Å². The van der Waals surface area contributed by atoms with Gasteiger partial charge < -0.3 is 10.6 Å². The van der Waals surface area contributed by atoms with E-state index in [9.17, 15) is 4.79 Å². The topological polar surface area (TPSA) is 41.1 Å². The Labute approximate surface area is 123 Å². The van der Waals surface area contributed by atoms with Crippen LogP contribution in [0.3, 0.4) is 0 Å². The average molecular weight is 325 g/mol. The molecule has 1 unspecified atom stereocenters. The van der Waals surface area contributed by atoms with Crippen LogP contribution in [-0.2, 0) is 4.79 Å². The first-order valence-corrected chi connectivity index (χ1v) is 7.51. The van der Waals surface area contributed by atoms with Crippen molar-refractivity contribution in [2.45, 2.75) is 33.6 Å². The lowest BCUT2D eigenvalue weighted by Gasteiger charge is -2.33. The highest BCUT2D eigenvalue weighted by molar-refractivity contribution is 9.10. The predicted molar refractivity (Wildman–Crippen MR) is 82.5 cm³/mol. The van der Waals surface area contributed by atoms with Gasteiger partial charge in [-0.3, -0.25) is 4.79 Å². The number of carbonyl (C=O) groups is 1. The van der Waals surface area contributed by atoms with Crippen molar-refractivity contribution >= 4 is 27.5 Å². The lowest BCUT2D eigenvalue weighted by atomic mass is 9.82. The number of amides is 1. The number of benzene rings is 1. The van der Waals surface area contributed by atoms with Crippen molar-refractivity contribution in [1.82, 2.24) is 5.32 Å². The standard InChI is InChI=1S/C15H21BrN2O/c1-10-7-11(2)13(12(16)8-10)18-14(19)15(3)5-4-6-17-9-15/h7-8,17H,4-6,9H2,1-3H3,(H,18,19). The van der Waals surface area contributed by atoms with Gasteiger partial charge in [0, 0.05) is 11.0 Å². The number of halogens is 1. The van der Waals surface area contributed by atoms with Gasteiger partial charge in [0.2, 0.25) is 5.91 Å². The quantitative estimate of drug-likeness (QED) is 0.875. The summed E-state index contributed by atoms with van der Waals surface area (Å²) >= 11 is 3.54. The maximum atomic E-state index is 12.5. The second-order valence-corrected chi connectivity index (χ2v) is 6.59. The van der Waals surface area contributed by atoms with Crippen molar-refractivity contribution in [3.05, 3.63) is 27.7 Å². The lowest BCUT2D eigenvalue weighted by molar-refractivity contribution is -0.125. The first kappa shape index (κ1) is 14.5. The van der Waals surface area contributed by atoms with Gasteiger partial charge in [0.25, 0.3) is 0 Å². The number of anilines is 1. The molecule has 2 rings (SSSR count). The van der Waals surface area contributed by atoms with Crippen LogP contribution >= 0.6 is 15.9 Å². The fraction of sp³-hybridized carbons (Fsp3) is 0.533. The Bertz CT molecular complexity index is 470. The van der Waals surface area contributed by atoms with Gasteiger partial charge in [-0.15, -0.1) is 0 Å². The Hall–Kier alpha value is -0.870. The summed E-state index contributed by atoms with van der Waals surface area (Å²) < 4.78 is 0.950. The second-order valence-electron chi connectivity index (χ2n) is 5.73. The molecular weight excluding hydrogens is 304 g/mol. The van der Waals surface area contributed by atoms with Crippen LogP contribution in [0, 0.1) is 19.3 Å². The van der Waals surface area contributed by atoms with Crippen molar-refractivity contribution in [2.75, 3.05) is 18.4 Å². The van der Waals surface area contributed by atoms with E-state index in [0.717, 1.165) is 41.7 Å². The molecule has 1 amide bonds. The molecule has 1 saturated heterocycles. The van der Waals surface area contributed by atoms with E-state index in [2.05, 4.69) is 39.6 Å². The van der Waals surface area contributed by atoms with Crippen molar-refractivity contribution in [2.24, 2.45) is 5.41 Å². The molecule has 2 N–H and O–H groups in total. The van der Waals surface area contributed by atoms with Crippen LogP contribution in [0.2, 0.25) is 0 Å². The fourth-order valence-electron chi connectivity index (χ4n) is 2.59. The van der Waals surface area contributed by atoms with Gasteiger partial charge in [-0.25, -0.2) is 0 Å². The molecule has 1 heterocycles. The van der Waals surface area contributed by atoms with Gasteiger partial charge in [0.15, 0.2) is 0 Å². The Kier molecular flexibility index (Phi) is 4.31. The zero-order valence-corrected chi connectivity index (χ0v) is 13.4. The highest BCUT2D eigenvalue weighted by atomic mass is 79.9. The summed E-state index contributed by atoms with van der Waals surface area (Å²) in [5.41, 5.74) is 2.86. The van der Waals surface area contributed by atoms with Crippen molar-refractivity contribution in [3.63, 3.8) is 0 Å². The lowest BCUT2D eigenvalue weighted by Crippen LogP contribution is -2.46. The molecule has 0 bridgehead atoms. The van der Waals surface area contributed by atoms with E-state index >= 15 is 0 Å². The van der Waals surface area contributed by atoms with Gasteiger partial charge in [-0.1, -0.05) is 6.07 Å². The molecule has 3 nitrogen and oxygen atoms in total. The first-order valence-electron chi connectivity index (χ1n) is 6.71.